The molecule has 1 atom stereocenters. The Morgan fingerprint density at radius 1 is 1.50 bits per heavy atom. The van der Waals surface area contributed by atoms with Gasteiger partial charge in [-0.15, -0.1) is 0 Å². The van der Waals surface area contributed by atoms with E-state index in [1.165, 1.54) is 5.57 Å². The zero-order valence-corrected chi connectivity index (χ0v) is 8.96. The van der Waals surface area contributed by atoms with Crippen molar-refractivity contribution in [2.75, 3.05) is 0 Å². The van der Waals surface area contributed by atoms with E-state index in [9.17, 15) is 4.79 Å². The van der Waals surface area contributed by atoms with Crippen molar-refractivity contribution in [3.8, 4) is 0 Å². The predicted octanol–water partition coefficient (Wildman–Crippen LogP) is 2.75. The van der Waals surface area contributed by atoms with Crippen LogP contribution in [-0.2, 0) is 4.74 Å². The number of alkyl carbamates (subject to hydrolysis) is 1. The number of fused-ring (bicyclic) bond motifs is 1. The molecule has 0 saturated carbocycles. The Kier molecular flexibility index (Phi) is 3.74. The lowest BCUT2D eigenvalue weighted by Crippen LogP contribution is -2.12. The van der Waals surface area contributed by atoms with Crippen LogP contribution in [0.1, 0.15) is 33.6 Å². The summed E-state index contributed by atoms with van der Waals surface area (Å²) in [6, 6.07) is 0. The monoisotopic (exact) mass is 195 g/mol. The number of hydrogen-bond donors (Lipinski definition) is 1. The molecule has 3 heteroatoms. The topological polar surface area (TPSA) is 38.3 Å². The van der Waals surface area contributed by atoms with Gasteiger partial charge in [0.25, 0.3) is 0 Å². The van der Waals surface area contributed by atoms with Gasteiger partial charge in [-0.05, 0) is 25.8 Å². The highest BCUT2D eigenvalue weighted by molar-refractivity contribution is 5.73. The summed E-state index contributed by atoms with van der Waals surface area (Å²) in [6.45, 7) is 6.03. The van der Waals surface area contributed by atoms with Gasteiger partial charge in [0.1, 0.15) is 6.10 Å². The van der Waals surface area contributed by atoms with Crippen molar-refractivity contribution in [3.05, 3.63) is 23.4 Å². The van der Waals surface area contributed by atoms with Crippen molar-refractivity contribution in [1.82, 2.24) is 5.32 Å². The molecule has 1 aliphatic heterocycles. The fraction of sp³-hybridized carbons (Fsp3) is 0.545. The van der Waals surface area contributed by atoms with Gasteiger partial charge >= 0.3 is 6.09 Å². The summed E-state index contributed by atoms with van der Waals surface area (Å²) >= 11 is 0. The third-order valence-electron chi connectivity index (χ3n) is 2.12. The zero-order valence-electron chi connectivity index (χ0n) is 8.96. The number of rotatable bonds is 0. The Bertz CT molecular complexity index is 279. The molecule has 0 aromatic carbocycles. The average Bonchev–Trinajstić information content (AvgIpc) is 2.41. The Morgan fingerprint density at radius 3 is 2.93 bits per heavy atom. The molecule has 2 rings (SSSR count). The molecule has 1 fully saturated rings. The van der Waals surface area contributed by atoms with Gasteiger partial charge in [-0.2, -0.15) is 0 Å². The number of amides is 1. The largest absolute Gasteiger partial charge is 0.440 e. The summed E-state index contributed by atoms with van der Waals surface area (Å²) < 4.78 is 5.04. The second-order valence-electron chi connectivity index (χ2n) is 3.14. The maximum atomic E-state index is 10.8. The second kappa shape index (κ2) is 4.84. The smallest absolute Gasteiger partial charge is 0.412 e. The van der Waals surface area contributed by atoms with Gasteiger partial charge in [-0.3, -0.25) is 5.32 Å². The molecule has 3 nitrogen and oxygen atoms in total. The van der Waals surface area contributed by atoms with E-state index in [1.54, 1.807) is 0 Å². The minimum Gasteiger partial charge on any atom is -0.440 e. The molecule has 1 N–H and O–H groups in total. The van der Waals surface area contributed by atoms with Crippen LogP contribution < -0.4 is 5.32 Å². The normalized spacial score (nSPS) is 24.2. The fourth-order valence-corrected chi connectivity index (χ4v) is 1.53. The zero-order chi connectivity index (χ0) is 10.6. The summed E-state index contributed by atoms with van der Waals surface area (Å²) in [5, 5.41) is 2.69. The molecule has 1 unspecified atom stereocenters. The van der Waals surface area contributed by atoms with E-state index in [2.05, 4.69) is 11.4 Å². The van der Waals surface area contributed by atoms with Gasteiger partial charge < -0.3 is 4.74 Å². The van der Waals surface area contributed by atoms with Gasteiger partial charge in [0.15, 0.2) is 0 Å². The van der Waals surface area contributed by atoms with Crippen molar-refractivity contribution >= 4 is 6.09 Å². The molecular formula is C11H17NO2. The molecule has 0 bridgehead atoms. The van der Waals surface area contributed by atoms with Crippen molar-refractivity contribution < 1.29 is 9.53 Å². The summed E-state index contributed by atoms with van der Waals surface area (Å²) in [5.74, 6) is 0. The molecule has 0 spiro atoms. The summed E-state index contributed by atoms with van der Waals surface area (Å²) in [4.78, 5) is 10.8. The van der Waals surface area contributed by atoms with Crippen LogP contribution in [0.3, 0.4) is 0 Å². The lowest BCUT2D eigenvalue weighted by atomic mass is 10.2. The first kappa shape index (κ1) is 10.8. The number of carbonyl (C=O) groups is 1. The maximum Gasteiger partial charge on any atom is 0.412 e. The van der Waals surface area contributed by atoms with Crippen LogP contribution in [0.25, 0.3) is 0 Å². The fourth-order valence-electron chi connectivity index (χ4n) is 1.53. The van der Waals surface area contributed by atoms with Crippen molar-refractivity contribution in [1.29, 1.82) is 0 Å². The molecule has 1 saturated heterocycles. The standard InChI is InChI=1S/C9H11NO2.C2H6/c1-6-3-2-4-8-7(5-6)10-9(11)12-8;1-2/h3,5,8H,2,4H2,1H3,(H,10,11);1-2H3. The molecule has 14 heavy (non-hydrogen) atoms. The summed E-state index contributed by atoms with van der Waals surface area (Å²) in [7, 11) is 0. The average molecular weight is 195 g/mol. The third-order valence-corrected chi connectivity index (χ3v) is 2.12. The SMILES string of the molecule is CC.CC1=CCCC2OC(=O)NC2=C1. The van der Waals surface area contributed by atoms with Crippen molar-refractivity contribution in [3.63, 3.8) is 0 Å². The van der Waals surface area contributed by atoms with Gasteiger partial charge in [0, 0.05) is 0 Å². The van der Waals surface area contributed by atoms with E-state index < -0.39 is 0 Å². The molecule has 1 heterocycles. The number of hydrogen-bond acceptors (Lipinski definition) is 2. The maximum absolute atomic E-state index is 10.8. The van der Waals surface area contributed by atoms with Gasteiger partial charge in [-0.1, -0.05) is 25.5 Å². The molecule has 1 aliphatic carbocycles. The Balaban J connectivity index is 0.000000461. The third kappa shape index (κ3) is 2.37. The lowest BCUT2D eigenvalue weighted by molar-refractivity contribution is 0.141. The molecule has 1 amide bonds. The summed E-state index contributed by atoms with van der Waals surface area (Å²) in [6.07, 6.45) is 5.64. The van der Waals surface area contributed by atoms with E-state index in [1.807, 2.05) is 26.8 Å². The van der Waals surface area contributed by atoms with Crippen LogP contribution in [0.15, 0.2) is 23.4 Å². The van der Waals surface area contributed by atoms with Gasteiger partial charge in [0.05, 0.1) is 5.70 Å². The minimum absolute atomic E-state index is 0.0359. The Labute approximate surface area is 84.8 Å². The van der Waals surface area contributed by atoms with E-state index in [4.69, 9.17) is 4.74 Å². The molecular weight excluding hydrogens is 178 g/mol. The van der Waals surface area contributed by atoms with E-state index in [-0.39, 0.29) is 12.2 Å². The Hall–Kier alpha value is -1.25. The van der Waals surface area contributed by atoms with Crippen LogP contribution in [0.2, 0.25) is 0 Å². The van der Waals surface area contributed by atoms with Crippen LogP contribution in [-0.4, -0.2) is 12.2 Å². The van der Waals surface area contributed by atoms with Crippen LogP contribution >= 0.6 is 0 Å². The van der Waals surface area contributed by atoms with Gasteiger partial charge in [0.2, 0.25) is 0 Å². The minimum atomic E-state index is -0.319. The van der Waals surface area contributed by atoms with Gasteiger partial charge in [-0.25, -0.2) is 4.79 Å². The number of carbonyl (C=O) groups excluding carboxylic acids is 1. The Morgan fingerprint density at radius 2 is 2.21 bits per heavy atom. The highest BCUT2D eigenvalue weighted by Crippen LogP contribution is 2.22. The number of ether oxygens (including phenoxy) is 1. The number of allylic oxidation sites excluding steroid dienone is 3. The number of nitrogens with one attached hydrogen (secondary N) is 1. The molecule has 0 aromatic rings. The molecule has 0 radical (unpaired) electrons. The first-order valence-electron chi connectivity index (χ1n) is 5.12. The van der Waals surface area contributed by atoms with Crippen molar-refractivity contribution in [2.45, 2.75) is 39.7 Å². The molecule has 2 aliphatic rings. The van der Waals surface area contributed by atoms with E-state index in [0.29, 0.717) is 0 Å². The predicted molar refractivity (Wildman–Crippen MR) is 55.8 cm³/mol. The van der Waals surface area contributed by atoms with Crippen LogP contribution in [0, 0.1) is 0 Å². The van der Waals surface area contributed by atoms with Crippen LogP contribution in [0.5, 0.6) is 0 Å². The second-order valence-corrected chi connectivity index (χ2v) is 3.14. The highest BCUT2D eigenvalue weighted by atomic mass is 16.6. The summed E-state index contributed by atoms with van der Waals surface area (Å²) in [5.41, 5.74) is 2.10. The highest BCUT2D eigenvalue weighted by Gasteiger charge is 2.28. The first-order valence-corrected chi connectivity index (χ1v) is 5.12. The first-order chi connectivity index (χ1) is 6.75. The lowest BCUT2D eigenvalue weighted by Gasteiger charge is -2.04. The van der Waals surface area contributed by atoms with E-state index in [0.717, 1.165) is 18.5 Å². The van der Waals surface area contributed by atoms with Crippen LogP contribution in [0.4, 0.5) is 4.79 Å². The quantitative estimate of drug-likeness (QED) is 0.645. The van der Waals surface area contributed by atoms with Crippen molar-refractivity contribution in [2.24, 2.45) is 0 Å². The molecule has 78 valence electrons. The van der Waals surface area contributed by atoms with E-state index >= 15 is 0 Å². The molecule has 0 aromatic heterocycles.